The third-order valence-electron chi connectivity index (χ3n) is 8.13. The van der Waals surface area contributed by atoms with Gasteiger partial charge in [-0.25, -0.2) is 0 Å². The van der Waals surface area contributed by atoms with Gasteiger partial charge in [0.25, 0.3) is 0 Å². The number of rotatable bonds is 6. The number of allylic oxidation sites excluding steroid dienone is 3. The van der Waals surface area contributed by atoms with Crippen molar-refractivity contribution in [2.45, 2.75) is 83.3 Å². The highest BCUT2D eigenvalue weighted by Gasteiger charge is 2.54. The highest BCUT2D eigenvalue weighted by atomic mass is 16.5. The van der Waals surface area contributed by atoms with E-state index >= 15 is 0 Å². The minimum absolute atomic E-state index is 0.0752. The van der Waals surface area contributed by atoms with Crippen LogP contribution in [-0.4, -0.2) is 22.1 Å². The lowest BCUT2D eigenvalue weighted by Crippen LogP contribution is -2.50. The first-order valence-electron chi connectivity index (χ1n) is 12.9. The van der Waals surface area contributed by atoms with Crippen molar-refractivity contribution in [2.75, 3.05) is 0 Å². The van der Waals surface area contributed by atoms with E-state index in [1.165, 1.54) is 11.6 Å². The summed E-state index contributed by atoms with van der Waals surface area (Å²) in [4.78, 5) is 13.5. The molecule has 4 nitrogen and oxygen atoms in total. The molecule has 2 aromatic carbocycles. The van der Waals surface area contributed by atoms with Crippen molar-refractivity contribution in [3.63, 3.8) is 0 Å². The molecular formula is C31H36O4. The first-order valence-corrected chi connectivity index (χ1v) is 12.9. The van der Waals surface area contributed by atoms with E-state index in [2.05, 4.69) is 33.8 Å². The maximum atomic E-state index is 13.5. The molecule has 0 aromatic heterocycles. The molecule has 35 heavy (non-hydrogen) atoms. The van der Waals surface area contributed by atoms with Gasteiger partial charge >= 0.3 is 0 Å². The Morgan fingerprint density at radius 2 is 1.94 bits per heavy atom. The van der Waals surface area contributed by atoms with E-state index in [0.717, 1.165) is 49.7 Å². The van der Waals surface area contributed by atoms with E-state index in [4.69, 9.17) is 9.47 Å². The zero-order valence-electron chi connectivity index (χ0n) is 21.3. The van der Waals surface area contributed by atoms with Gasteiger partial charge in [-0.15, -0.1) is 0 Å². The highest BCUT2D eigenvalue weighted by Crippen LogP contribution is 2.61. The highest BCUT2D eigenvalue weighted by molar-refractivity contribution is 6.11. The van der Waals surface area contributed by atoms with Crippen LogP contribution >= 0.6 is 0 Å². The molecule has 3 aliphatic rings. The molecule has 2 aromatic rings. The molecule has 1 N–H and O–H groups in total. The van der Waals surface area contributed by atoms with Gasteiger partial charge in [-0.2, -0.15) is 0 Å². The monoisotopic (exact) mass is 472 g/mol. The molecule has 2 aliphatic heterocycles. The first-order chi connectivity index (χ1) is 16.7. The van der Waals surface area contributed by atoms with Gasteiger partial charge in [0.05, 0.1) is 0 Å². The second-order valence-electron chi connectivity index (χ2n) is 11.2. The maximum Gasteiger partial charge on any atom is 0.193 e. The number of carbonyl (C=O) groups is 1. The van der Waals surface area contributed by atoms with Crippen LogP contribution in [0, 0.1) is 5.92 Å². The van der Waals surface area contributed by atoms with Crippen LogP contribution in [0.2, 0.25) is 0 Å². The summed E-state index contributed by atoms with van der Waals surface area (Å²) in [6.07, 6.45) is 11.4. The Bertz CT molecular complexity index is 1190. The third-order valence-corrected chi connectivity index (χ3v) is 8.13. The molecule has 2 bridgehead atoms. The summed E-state index contributed by atoms with van der Waals surface area (Å²) in [5.41, 5.74) is 2.78. The topological polar surface area (TPSA) is 55.8 Å². The average molecular weight is 473 g/mol. The number of aromatic hydroxyl groups is 1. The molecule has 2 heterocycles. The first kappa shape index (κ1) is 23.7. The molecular weight excluding hydrogens is 436 g/mol. The molecule has 0 spiro atoms. The number of fused-ring (bicyclic) bond motifs is 1. The summed E-state index contributed by atoms with van der Waals surface area (Å²) < 4.78 is 13.3. The van der Waals surface area contributed by atoms with Gasteiger partial charge in [0.1, 0.15) is 34.0 Å². The fourth-order valence-corrected chi connectivity index (χ4v) is 6.43. The quantitative estimate of drug-likeness (QED) is 0.267. The summed E-state index contributed by atoms with van der Waals surface area (Å²) in [5, 5.41) is 11.1. The number of hydrogen-bond donors (Lipinski definition) is 1. The van der Waals surface area contributed by atoms with Crippen molar-refractivity contribution in [2.24, 2.45) is 5.92 Å². The standard InChI is InChI=1S/C31H36O4/c1-20(2)10-8-17-31(4)23-13-9-16-30(3)19-22(23)27-26(34-30)18-25(33)28(29(27)35-31)24(32)15-14-21-11-6-5-7-12-21/h5-7,10-12,14-15,18,22-23,33H,8-9,13,16-17,19H2,1-4H3/b15-14+/t22?,23-,30+,31+/m0/s1. The SMILES string of the molecule is CC(C)=CCC[C@@]1(C)Oc2c(C(=O)/C=C/c3ccccc3)c(O)cc3c2C2C[C@@](C)(CCC[C@@H]21)O3. The second kappa shape index (κ2) is 8.89. The minimum atomic E-state index is -0.421. The Labute approximate surface area is 208 Å². The minimum Gasteiger partial charge on any atom is -0.507 e. The molecule has 5 rings (SSSR count). The number of benzene rings is 2. The van der Waals surface area contributed by atoms with Crippen molar-refractivity contribution >= 4 is 11.9 Å². The van der Waals surface area contributed by atoms with Crippen LogP contribution in [0.25, 0.3) is 6.08 Å². The van der Waals surface area contributed by atoms with Crippen molar-refractivity contribution < 1.29 is 19.4 Å². The average Bonchev–Trinajstić information content (AvgIpc) is 2.94. The molecule has 1 aliphatic carbocycles. The van der Waals surface area contributed by atoms with Crippen LogP contribution in [-0.2, 0) is 0 Å². The van der Waals surface area contributed by atoms with Crippen molar-refractivity contribution in [3.05, 3.63) is 70.8 Å². The predicted octanol–water partition coefficient (Wildman–Crippen LogP) is 7.61. The predicted molar refractivity (Wildman–Crippen MR) is 139 cm³/mol. The van der Waals surface area contributed by atoms with E-state index in [-0.39, 0.29) is 28.6 Å². The van der Waals surface area contributed by atoms with Crippen LogP contribution < -0.4 is 9.47 Å². The van der Waals surface area contributed by atoms with Gasteiger partial charge in [-0.05, 0) is 77.9 Å². The largest absolute Gasteiger partial charge is 0.507 e. The zero-order chi connectivity index (χ0) is 24.8. The zero-order valence-corrected chi connectivity index (χ0v) is 21.3. The normalized spacial score (nSPS) is 28.6. The van der Waals surface area contributed by atoms with Crippen LogP contribution in [0.15, 0.2) is 54.1 Å². The molecule has 1 unspecified atom stereocenters. The number of ketones is 1. The molecule has 1 fully saturated rings. The number of carbonyl (C=O) groups excluding carboxylic acids is 1. The molecule has 4 atom stereocenters. The van der Waals surface area contributed by atoms with Crippen molar-refractivity contribution in [3.8, 4) is 17.2 Å². The Morgan fingerprint density at radius 1 is 1.17 bits per heavy atom. The van der Waals surface area contributed by atoms with Gasteiger partial charge in [-0.1, -0.05) is 48.1 Å². The Hall–Kier alpha value is -3.01. The third kappa shape index (κ3) is 4.39. The number of ether oxygens (including phenoxy) is 2. The fraction of sp³-hybridized carbons (Fsp3) is 0.452. The van der Waals surface area contributed by atoms with Crippen LogP contribution in [0.3, 0.4) is 0 Å². The lowest BCUT2D eigenvalue weighted by atomic mass is 9.66. The van der Waals surface area contributed by atoms with Crippen LogP contribution in [0.1, 0.15) is 93.6 Å². The molecule has 184 valence electrons. The summed E-state index contributed by atoms with van der Waals surface area (Å²) in [5.74, 6) is 1.46. The lowest BCUT2D eigenvalue weighted by Gasteiger charge is -2.50. The van der Waals surface area contributed by atoms with Gasteiger partial charge in [0, 0.05) is 23.5 Å². The van der Waals surface area contributed by atoms with E-state index < -0.39 is 5.60 Å². The fourth-order valence-electron chi connectivity index (χ4n) is 6.43. The number of phenols is 1. The summed E-state index contributed by atoms with van der Waals surface area (Å²) >= 11 is 0. The molecule has 4 heteroatoms. The number of phenolic OH excluding ortho intramolecular Hbond substituents is 1. The van der Waals surface area contributed by atoms with E-state index in [0.29, 0.717) is 17.4 Å². The Kier molecular flexibility index (Phi) is 6.03. The van der Waals surface area contributed by atoms with Gasteiger partial charge in [0.15, 0.2) is 5.78 Å². The van der Waals surface area contributed by atoms with E-state index in [1.54, 1.807) is 12.1 Å². The lowest BCUT2D eigenvalue weighted by molar-refractivity contribution is -0.0357. The van der Waals surface area contributed by atoms with E-state index in [1.807, 2.05) is 30.3 Å². The molecule has 0 radical (unpaired) electrons. The van der Waals surface area contributed by atoms with Crippen molar-refractivity contribution in [1.82, 2.24) is 0 Å². The van der Waals surface area contributed by atoms with Gasteiger partial charge < -0.3 is 14.6 Å². The molecule has 1 saturated carbocycles. The smallest absolute Gasteiger partial charge is 0.193 e. The second-order valence-corrected chi connectivity index (χ2v) is 11.2. The van der Waals surface area contributed by atoms with Crippen LogP contribution in [0.4, 0.5) is 0 Å². The Balaban J connectivity index is 1.61. The van der Waals surface area contributed by atoms with Gasteiger partial charge in [-0.3, -0.25) is 4.79 Å². The number of hydrogen-bond acceptors (Lipinski definition) is 4. The Morgan fingerprint density at radius 3 is 2.69 bits per heavy atom. The maximum absolute atomic E-state index is 13.5. The van der Waals surface area contributed by atoms with E-state index in [9.17, 15) is 9.90 Å². The molecule has 0 saturated heterocycles. The van der Waals surface area contributed by atoms with Crippen LogP contribution in [0.5, 0.6) is 17.2 Å². The van der Waals surface area contributed by atoms with Crippen molar-refractivity contribution in [1.29, 1.82) is 0 Å². The molecule has 0 amide bonds. The van der Waals surface area contributed by atoms with Gasteiger partial charge in [0.2, 0.25) is 0 Å². The summed E-state index contributed by atoms with van der Waals surface area (Å²) in [7, 11) is 0. The summed E-state index contributed by atoms with van der Waals surface area (Å²) in [6, 6.07) is 11.4. The summed E-state index contributed by atoms with van der Waals surface area (Å²) in [6.45, 7) is 8.63.